The summed E-state index contributed by atoms with van der Waals surface area (Å²) in [7, 11) is 0. The van der Waals surface area contributed by atoms with Crippen LogP contribution in [0.1, 0.15) is 39.5 Å². The molecule has 2 atom stereocenters. The largest absolute Gasteiger partial charge is 0.445 e. The van der Waals surface area contributed by atoms with Crippen molar-refractivity contribution in [3.05, 3.63) is 66.3 Å². The number of nitrogens with two attached hydrogens (primary N) is 1. The smallest absolute Gasteiger partial charge is 0.410 e. The van der Waals surface area contributed by atoms with Gasteiger partial charge in [-0.25, -0.2) is 9.78 Å². The summed E-state index contributed by atoms with van der Waals surface area (Å²) in [5, 5.41) is -0.0467. The molecule has 0 spiro atoms. The number of imidazole rings is 1. The van der Waals surface area contributed by atoms with Gasteiger partial charge in [-0.1, -0.05) is 54.7 Å². The van der Waals surface area contributed by atoms with Crippen molar-refractivity contribution in [2.75, 3.05) is 13.2 Å². The molecule has 1 aromatic carbocycles. The molecule has 1 aliphatic heterocycles. The van der Waals surface area contributed by atoms with Gasteiger partial charge in [0.25, 0.3) is 5.91 Å². The SMILES string of the molecule is C=CCOC(=O)N1CC(SC(=O)c2ccccc2)CC1CCc1ncc(C(N)=O)[nH]1. The van der Waals surface area contributed by atoms with Crippen LogP contribution in [0.4, 0.5) is 4.79 Å². The first-order chi connectivity index (χ1) is 14.5. The molecule has 1 aliphatic rings. The number of H-pyrrole nitrogens is 1. The first kappa shape index (κ1) is 21.6. The minimum atomic E-state index is -0.569. The molecule has 2 amide bonds. The molecule has 8 nitrogen and oxygen atoms in total. The molecule has 0 aliphatic carbocycles. The van der Waals surface area contributed by atoms with E-state index < -0.39 is 12.0 Å². The molecule has 2 heterocycles. The molecule has 158 valence electrons. The predicted molar refractivity (Wildman–Crippen MR) is 114 cm³/mol. The van der Waals surface area contributed by atoms with E-state index in [0.717, 1.165) is 0 Å². The number of aryl methyl sites for hydroxylation is 1. The number of benzene rings is 1. The second kappa shape index (κ2) is 10.1. The Morgan fingerprint density at radius 1 is 1.33 bits per heavy atom. The molecule has 1 aromatic heterocycles. The topological polar surface area (TPSA) is 118 Å². The fourth-order valence-electron chi connectivity index (χ4n) is 3.38. The van der Waals surface area contributed by atoms with Gasteiger partial charge in [0.2, 0.25) is 5.12 Å². The van der Waals surface area contributed by atoms with E-state index in [4.69, 9.17) is 10.5 Å². The lowest BCUT2D eigenvalue weighted by Gasteiger charge is -2.23. The highest BCUT2D eigenvalue weighted by molar-refractivity contribution is 8.14. The number of aromatic nitrogens is 2. The molecule has 2 unspecified atom stereocenters. The monoisotopic (exact) mass is 428 g/mol. The number of carbonyl (C=O) groups is 3. The number of carbonyl (C=O) groups excluding carboxylic acids is 3. The molecule has 0 saturated carbocycles. The summed E-state index contributed by atoms with van der Waals surface area (Å²) < 4.78 is 5.22. The number of hydrogen-bond donors (Lipinski definition) is 2. The third kappa shape index (κ3) is 5.50. The lowest BCUT2D eigenvalue weighted by Crippen LogP contribution is -2.36. The molecule has 0 bridgehead atoms. The Kier molecular flexibility index (Phi) is 7.29. The third-order valence-electron chi connectivity index (χ3n) is 4.83. The zero-order chi connectivity index (χ0) is 21.5. The zero-order valence-electron chi connectivity index (χ0n) is 16.5. The van der Waals surface area contributed by atoms with Crippen LogP contribution in [0.25, 0.3) is 0 Å². The maximum Gasteiger partial charge on any atom is 0.410 e. The van der Waals surface area contributed by atoms with Crippen LogP contribution in [0.5, 0.6) is 0 Å². The highest BCUT2D eigenvalue weighted by atomic mass is 32.2. The minimum absolute atomic E-state index is 0.0159. The Bertz CT molecular complexity index is 915. The van der Waals surface area contributed by atoms with Gasteiger partial charge in [0.15, 0.2) is 0 Å². The van der Waals surface area contributed by atoms with Crippen LogP contribution in [-0.4, -0.2) is 56.4 Å². The Balaban J connectivity index is 1.64. The van der Waals surface area contributed by atoms with E-state index in [1.54, 1.807) is 17.0 Å². The fraction of sp³-hybridized carbons (Fsp3) is 0.333. The average Bonchev–Trinajstić information content (AvgIpc) is 3.38. The summed E-state index contributed by atoms with van der Waals surface area (Å²) in [4.78, 5) is 45.0. The number of thioether (sulfide) groups is 1. The summed E-state index contributed by atoms with van der Waals surface area (Å²) in [6, 6.07) is 8.98. The van der Waals surface area contributed by atoms with Gasteiger partial charge in [-0.2, -0.15) is 0 Å². The number of nitrogens with zero attached hydrogens (tertiary/aromatic N) is 2. The maximum absolute atomic E-state index is 12.6. The van der Waals surface area contributed by atoms with Crippen molar-refractivity contribution in [3.8, 4) is 0 Å². The molecular formula is C21H24N4O4S. The van der Waals surface area contributed by atoms with Crippen molar-refractivity contribution in [1.82, 2.24) is 14.9 Å². The van der Waals surface area contributed by atoms with Crippen molar-refractivity contribution in [2.45, 2.75) is 30.6 Å². The van der Waals surface area contributed by atoms with E-state index in [0.29, 0.717) is 37.2 Å². The lowest BCUT2D eigenvalue weighted by atomic mass is 10.1. The molecule has 3 rings (SSSR count). The first-order valence-electron chi connectivity index (χ1n) is 9.62. The van der Waals surface area contributed by atoms with Crippen molar-refractivity contribution >= 4 is 28.9 Å². The van der Waals surface area contributed by atoms with Crippen molar-refractivity contribution in [2.24, 2.45) is 5.73 Å². The van der Waals surface area contributed by atoms with E-state index in [1.807, 2.05) is 18.2 Å². The molecule has 1 saturated heterocycles. The van der Waals surface area contributed by atoms with Gasteiger partial charge >= 0.3 is 6.09 Å². The number of primary amides is 1. The van der Waals surface area contributed by atoms with Crippen LogP contribution in [0.3, 0.4) is 0 Å². The Morgan fingerprint density at radius 3 is 2.77 bits per heavy atom. The zero-order valence-corrected chi connectivity index (χ0v) is 17.3. The maximum atomic E-state index is 12.6. The van der Waals surface area contributed by atoms with Crippen LogP contribution >= 0.6 is 11.8 Å². The number of likely N-dealkylation sites (tertiary alicyclic amines) is 1. The quantitative estimate of drug-likeness (QED) is 0.624. The summed E-state index contributed by atoms with van der Waals surface area (Å²) >= 11 is 1.25. The highest BCUT2D eigenvalue weighted by Gasteiger charge is 2.37. The minimum Gasteiger partial charge on any atom is -0.445 e. The van der Waals surface area contributed by atoms with E-state index in [1.165, 1.54) is 24.0 Å². The van der Waals surface area contributed by atoms with Gasteiger partial charge in [-0.15, -0.1) is 0 Å². The summed E-state index contributed by atoms with van der Waals surface area (Å²) in [6.07, 6.45) is 4.31. The number of nitrogens with one attached hydrogen (secondary N) is 1. The number of aromatic amines is 1. The Morgan fingerprint density at radius 2 is 2.10 bits per heavy atom. The molecule has 0 radical (unpaired) electrons. The van der Waals surface area contributed by atoms with Crippen LogP contribution < -0.4 is 5.73 Å². The number of amides is 2. The van der Waals surface area contributed by atoms with Gasteiger partial charge in [0.05, 0.1) is 6.20 Å². The first-order valence-corrected chi connectivity index (χ1v) is 10.5. The summed E-state index contributed by atoms with van der Waals surface area (Å²) in [5.74, 6) is 0.0554. The van der Waals surface area contributed by atoms with E-state index in [-0.39, 0.29) is 28.7 Å². The standard InChI is InChI=1S/C21H24N4O4S/c1-2-10-29-21(28)25-13-16(30-20(27)14-6-4-3-5-7-14)11-15(25)8-9-18-23-12-17(24-18)19(22)26/h2-7,12,15-16H,1,8-11,13H2,(H2,22,26)(H,23,24). The number of rotatable bonds is 8. The summed E-state index contributed by atoms with van der Waals surface area (Å²) in [5.41, 5.74) is 6.13. The second-order valence-electron chi connectivity index (χ2n) is 6.95. The third-order valence-corrected chi connectivity index (χ3v) is 5.95. The molecule has 2 aromatic rings. The summed E-state index contributed by atoms with van der Waals surface area (Å²) in [6.45, 7) is 4.12. The Hall–Kier alpha value is -3.07. The van der Waals surface area contributed by atoms with Gasteiger partial charge in [-0.05, 0) is 12.8 Å². The van der Waals surface area contributed by atoms with E-state index in [9.17, 15) is 14.4 Å². The van der Waals surface area contributed by atoms with Crippen LogP contribution in [0.2, 0.25) is 0 Å². The molecule has 1 fully saturated rings. The van der Waals surface area contributed by atoms with Crippen LogP contribution in [-0.2, 0) is 11.2 Å². The van der Waals surface area contributed by atoms with Gasteiger partial charge in [0, 0.05) is 29.8 Å². The van der Waals surface area contributed by atoms with Crippen molar-refractivity contribution in [3.63, 3.8) is 0 Å². The van der Waals surface area contributed by atoms with Gasteiger partial charge in [-0.3, -0.25) is 9.59 Å². The Labute approximate surface area is 178 Å². The van der Waals surface area contributed by atoms with Crippen molar-refractivity contribution in [1.29, 1.82) is 0 Å². The van der Waals surface area contributed by atoms with Gasteiger partial charge in [0.1, 0.15) is 18.1 Å². The molecular weight excluding hydrogens is 404 g/mol. The second-order valence-corrected chi connectivity index (χ2v) is 8.22. The molecule has 9 heteroatoms. The highest BCUT2D eigenvalue weighted by Crippen LogP contribution is 2.32. The molecule has 30 heavy (non-hydrogen) atoms. The van der Waals surface area contributed by atoms with Crippen molar-refractivity contribution < 1.29 is 19.1 Å². The van der Waals surface area contributed by atoms with Crippen LogP contribution in [0, 0.1) is 0 Å². The van der Waals surface area contributed by atoms with Crippen LogP contribution in [0.15, 0.2) is 49.2 Å². The van der Waals surface area contributed by atoms with E-state index in [2.05, 4.69) is 16.5 Å². The predicted octanol–water partition coefficient (Wildman–Crippen LogP) is 2.78. The average molecular weight is 429 g/mol. The lowest BCUT2D eigenvalue weighted by molar-refractivity contribution is 0.0995. The normalized spacial score (nSPS) is 18.2. The van der Waals surface area contributed by atoms with E-state index >= 15 is 0 Å². The number of hydrogen-bond acceptors (Lipinski definition) is 6. The number of ether oxygens (including phenoxy) is 1. The van der Waals surface area contributed by atoms with Gasteiger partial charge < -0.3 is 20.4 Å². The molecule has 3 N–H and O–H groups in total. The fourth-order valence-corrected chi connectivity index (χ4v) is 4.51.